The van der Waals surface area contributed by atoms with Crippen molar-refractivity contribution in [1.82, 2.24) is 10.3 Å². The Morgan fingerprint density at radius 2 is 2.00 bits per heavy atom. The van der Waals surface area contributed by atoms with Gasteiger partial charge in [-0.3, -0.25) is 0 Å². The number of nitrogens with zero attached hydrogens (tertiary/aromatic N) is 1. The predicted octanol–water partition coefficient (Wildman–Crippen LogP) is 3.15. The summed E-state index contributed by atoms with van der Waals surface area (Å²) in [6.07, 6.45) is 1.04. The summed E-state index contributed by atoms with van der Waals surface area (Å²) < 4.78 is 0. The minimum absolute atomic E-state index is 0.00521. The summed E-state index contributed by atoms with van der Waals surface area (Å²) in [5.41, 5.74) is 1.05. The van der Waals surface area contributed by atoms with Gasteiger partial charge in [-0.1, -0.05) is 20.8 Å². The first-order valence-corrected chi connectivity index (χ1v) is 6.90. The summed E-state index contributed by atoms with van der Waals surface area (Å²) in [7, 11) is 0. The second-order valence-electron chi connectivity index (χ2n) is 6.42. The van der Waals surface area contributed by atoms with Crippen molar-refractivity contribution in [3.05, 3.63) is 16.1 Å². The van der Waals surface area contributed by atoms with E-state index in [0.717, 1.165) is 12.1 Å². The first-order chi connectivity index (χ1) is 8.09. The molecule has 0 aliphatic heterocycles. The molecular weight excluding hydrogens is 248 g/mol. The monoisotopic (exact) mass is 270 g/mol. The molecule has 0 unspecified atom stereocenters. The van der Waals surface area contributed by atoms with Gasteiger partial charge in [-0.2, -0.15) is 0 Å². The molecule has 0 spiro atoms. The Hall–Kier alpha value is -0.940. The molecule has 0 aromatic carbocycles. The lowest BCUT2D eigenvalue weighted by Gasteiger charge is -2.33. The molecule has 0 radical (unpaired) electrons. The molecule has 5 heteroatoms. The van der Waals surface area contributed by atoms with Gasteiger partial charge in [0.25, 0.3) is 0 Å². The highest BCUT2D eigenvalue weighted by molar-refractivity contribution is 7.11. The number of aromatic carboxylic acids is 1. The number of aromatic nitrogens is 1. The van der Waals surface area contributed by atoms with Gasteiger partial charge in [0.15, 0.2) is 0 Å². The van der Waals surface area contributed by atoms with E-state index < -0.39 is 5.97 Å². The van der Waals surface area contributed by atoms with Crippen molar-refractivity contribution in [2.45, 2.75) is 53.1 Å². The molecule has 2 N–H and O–H groups in total. The van der Waals surface area contributed by atoms with E-state index in [4.69, 9.17) is 5.11 Å². The second-order valence-corrected chi connectivity index (χ2v) is 7.28. The number of carbonyl (C=O) groups is 1. The average molecular weight is 270 g/mol. The molecule has 1 rings (SSSR count). The van der Waals surface area contributed by atoms with Crippen LogP contribution in [-0.4, -0.2) is 21.6 Å². The minimum Gasteiger partial charge on any atom is -0.476 e. The van der Waals surface area contributed by atoms with Gasteiger partial charge < -0.3 is 10.4 Å². The third kappa shape index (κ3) is 5.14. The molecule has 4 nitrogen and oxygen atoms in total. The Balaban J connectivity index is 2.56. The quantitative estimate of drug-likeness (QED) is 0.863. The maximum absolute atomic E-state index is 10.7. The highest BCUT2D eigenvalue weighted by Crippen LogP contribution is 2.27. The van der Waals surface area contributed by atoms with Crippen LogP contribution in [0.4, 0.5) is 0 Å². The third-order valence-electron chi connectivity index (χ3n) is 2.46. The molecule has 0 aliphatic rings. The van der Waals surface area contributed by atoms with Crippen LogP contribution >= 0.6 is 11.3 Å². The van der Waals surface area contributed by atoms with E-state index in [9.17, 15) is 4.79 Å². The second kappa shape index (κ2) is 5.36. The average Bonchev–Trinajstić information content (AvgIpc) is 2.59. The van der Waals surface area contributed by atoms with Crippen LogP contribution in [0.3, 0.4) is 0 Å². The van der Waals surface area contributed by atoms with Crippen molar-refractivity contribution in [2.75, 3.05) is 0 Å². The predicted molar refractivity (Wildman–Crippen MR) is 74.1 cm³/mol. The lowest BCUT2D eigenvalue weighted by Crippen LogP contribution is -2.41. The Labute approximate surface area is 112 Å². The van der Waals surface area contributed by atoms with Gasteiger partial charge in [0.1, 0.15) is 0 Å². The number of hydrogen-bond acceptors (Lipinski definition) is 4. The first-order valence-electron chi connectivity index (χ1n) is 6.02. The summed E-state index contributed by atoms with van der Waals surface area (Å²) in [4.78, 5) is 14.8. The van der Waals surface area contributed by atoms with Crippen molar-refractivity contribution in [1.29, 1.82) is 0 Å². The first kappa shape index (κ1) is 15.1. The van der Waals surface area contributed by atoms with Crippen LogP contribution in [0.25, 0.3) is 0 Å². The van der Waals surface area contributed by atoms with Crippen molar-refractivity contribution >= 4 is 17.3 Å². The molecule has 0 aliphatic carbocycles. The van der Waals surface area contributed by atoms with Crippen LogP contribution in [0, 0.1) is 5.41 Å². The Kier molecular flexibility index (Phi) is 4.50. The van der Waals surface area contributed by atoms with Gasteiger partial charge in [0.2, 0.25) is 5.01 Å². The van der Waals surface area contributed by atoms with Crippen molar-refractivity contribution in [2.24, 2.45) is 5.41 Å². The summed E-state index contributed by atoms with van der Waals surface area (Å²) in [6, 6.07) is 0. The molecule has 0 amide bonds. The van der Waals surface area contributed by atoms with E-state index in [0.29, 0.717) is 6.54 Å². The topological polar surface area (TPSA) is 62.2 Å². The standard InChI is InChI=1S/C13H22N2O2S/c1-12(2,3)8-13(4,5)14-6-9-7-18-10(15-9)11(16)17/h7,14H,6,8H2,1-5H3,(H,16,17). The normalized spacial score (nSPS) is 12.7. The van der Waals surface area contributed by atoms with Crippen LogP contribution < -0.4 is 5.32 Å². The van der Waals surface area contributed by atoms with Gasteiger partial charge in [0, 0.05) is 17.5 Å². The van der Waals surface area contributed by atoms with Crippen LogP contribution in [0.5, 0.6) is 0 Å². The van der Waals surface area contributed by atoms with Crippen molar-refractivity contribution in [3.63, 3.8) is 0 Å². The molecule has 102 valence electrons. The molecule has 1 aromatic heterocycles. The molecule has 1 heterocycles. The number of hydrogen-bond donors (Lipinski definition) is 2. The molecule has 0 saturated heterocycles. The molecule has 18 heavy (non-hydrogen) atoms. The number of rotatable bonds is 5. The zero-order valence-corrected chi connectivity index (χ0v) is 12.5. The summed E-state index contributed by atoms with van der Waals surface area (Å²) >= 11 is 1.17. The number of nitrogens with one attached hydrogen (secondary N) is 1. The van der Waals surface area contributed by atoms with E-state index in [1.165, 1.54) is 11.3 Å². The van der Waals surface area contributed by atoms with E-state index in [2.05, 4.69) is 44.9 Å². The number of thiazole rings is 1. The Morgan fingerprint density at radius 3 is 2.44 bits per heavy atom. The largest absolute Gasteiger partial charge is 0.476 e. The maximum Gasteiger partial charge on any atom is 0.365 e. The van der Waals surface area contributed by atoms with Crippen LogP contribution in [-0.2, 0) is 6.54 Å². The fraction of sp³-hybridized carbons (Fsp3) is 0.692. The Bertz CT molecular complexity index is 419. The fourth-order valence-corrected chi connectivity index (χ4v) is 2.86. The van der Waals surface area contributed by atoms with Gasteiger partial charge in [-0.15, -0.1) is 11.3 Å². The lowest BCUT2D eigenvalue weighted by atomic mass is 9.82. The number of carboxylic acid groups (broad SMARTS) is 1. The van der Waals surface area contributed by atoms with E-state index in [1.54, 1.807) is 5.38 Å². The maximum atomic E-state index is 10.7. The third-order valence-corrected chi connectivity index (χ3v) is 3.33. The fourth-order valence-electron chi connectivity index (χ4n) is 2.20. The lowest BCUT2D eigenvalue weighted by molar-refractivity contribution is 0.0696. The van der Waals surface area contributed by atoms with Gasteiger partial charge in [-0.25, -0.2) is 9.78 Å². The molecule has 0 saturated carbocycles. The van der Waals surface area contributed by atoms with Crippen molar-refractivity contribution in [3.8, 4) is 0 Å². The molecule has 0 atom stereocenters. The molecule has 1 aromatic rings. The SMILES string of the molecule is CC(C)(C)CC(C)(C)NCc1csc(C(=O)O)n1. The molecular formula is C13H22N2O2S. The van der Waals surface area contributed by atoms with Crippen LogP contribution in [0.2, 0.25) is 0 Å². The van der Waals surface area contributed by atoms with E-state index in [1.807, 2.05) is 0 Å². The molecule has 0 fully saturated rings. The zero-order chi connectivity index (χ0) is 14.0. The van der Waals surface area contributed by atoms with Crippen molar-refractivity contribution < 1.29 is 9.90 Å². The van der Waals surface area contributed by atoms with Gasteiger partial charge in [0.05, 0.1) is 5.69 Å². The van der Waals surface area contributed by atoms with Gasteiger partial charge in [-0.05, 0) is 25.7 Å². The summed E-state index contributed by atoms with van der Waals surface area (Å²) in [5, 5.41) is 14.2. The zero-order valence-electron chi connectivity index (χ0n) is 11.7. The summed E-state index contributed by atoms with van der Waals surface area (Å²) in [6.45, 7) is 11.5. The summed E-state index contributed by atoms with van der Waals surface area (Å²) in [5.74, 6) is -0.958. The van der Waals surface area contributed by atoms with Gasteiger partial charge >= 0.3 is 5.97 Å². The van der Waals surface area contributed by atoms with Crippen LogP contribution in [0.1, 0.15) is 56.5 Å². The van der Waals surface area contributed by atoms with Crippen LogP contribution in [0.15, 0.2) is 5.38 Å². The van der Waals surface area contributed by atoms with E-state index >= 15 is 0 Å². The smallest absolute Gasteiger partial charge is 0.365 e. The minimum atomic E-state index is -0.958. The highest BCUT2D eigenvalue weighted by Gasteiger charge is 2.25. The number of carboxylic acids is 1. The Morgan fingerprint density at radius 1 is 1.39 bits per heavy atom. The highest BCUT2D eigenvalue weighted by atomic mass is 32.1. The molecule has 0 bridgehead atoms. The van der Waals surface area contributed by atoms with E-state index in [-0.39, 0.29) is 16.0 Å².